The third-order valence-corrected chi connectivity index (χ3v) is 2.33. The van der Waals surface area contributed by atoms with Gasteiger partial charge in [0.25, 0.3) is 5.56 Å². The van der Waals surface area contributed by atoms with Gasteiger partial charge in [-0.15, -0.1) is 11.8 Å². The Bertz CT molecular complexity index is 494. The van der Waals surface area contributed by atoms with E-state index in [0.29, 0.717) is 11.2 Å². The molecular weight excluding hydrogens is 186 g/mol. The van der Waals surface area contributed by atoms with Gasteiger partial charge < -0.3 is 4.98 Å². The van der Waals surface area contributed by atoms with Gasteiger partial charge in [0.15, 0.2) is 5.65 Å². The summed E-state index contributed by atoms with van der Waals surface area (Å²) in [5.41, 5.74) is 1.05. The molecule has 2 rings (SSSR count). The SMILES string of the molecule is CSc1cnc2ncc(=O)[nH]c2c1. The summed E-state index contributed by atoms with van der Waals surface area (Å²) in [5, 5.41) is 0. The fourth-order valence-corrected chi connectivity index (χ4v) is 1.42. The Morgan fingerprint density at radius 2 is 2.15 bits per heavy atom. The minimum absolute atomic E-state index is 0.201. The van der Waals surface area contributed by atoms with Gasteiger partial charge in [0.1, 0.15) is 0 Å². The van der Waals surface area contributed by atoms with E-state index in [2.05, 4.69) is 15.0 Å². The number of hydrogen-bond acceptors (Lipinski definition) is 4. The van der Waals surface area contributed by atoms with Gasteiger partial charge in [0, 0.05) is 11.1 Å². The van der Waals surface area contributed by atoms with Gasteiger partial charge in [-0.05, 0) is 12.3 Å². The van der Waals surface area contributed by atoms with Gasteiger partial charge in [-0.25, -0.2) is 9.97 Å². The first-order chi connectivity index (χ1) is 6.29. The van der Waals surface area contributed by atoms with Gasteiger partial charge in [-0.3, -0.25) is 4.79 Å². The molecular formula is C8H7N3OS. The molecule has 13 heavy (non-hydrogen) atoms. The average Bonchev–Trinajstić information content (AvgIpc) is 2.16. The number of hydrogen-bond donors (Lipinski definition) is 1. The van der Waals surface area contributed by atoms with Crippen LogP contribution in [0.15, 0.2) is 28.2 Å². The number of rotatable bonds is 1. The lowest BCUT2D eigenvalue weighted by atomic mass is 10.4. The van der Waals surface area contributed by atoms with Crippen molar-refractivity contribution in [2.75, 3.05) is 6.26 Å². The number of aromatic nitrogens is 3. The van der Waals surface area contributed by atoms with Crippen molar-refractivity contribution in [3.63, 3.8) is 0 Å². The molecule has 0 unspecified atom stereocenters. The lowest BCUT2D eigenvalue weighted by Gasteiger charge is -1.97. The number of fused-ring (bicyclic) bond motifs is 1. The molecule has 0 saturated carbocycles. The van der Waals surface area contributed by atoms with Crippen molar-refractivity contribution in [1.82, 2.24) is 15.0 Å². The van der Waals surface area contributed by atoms with Crippen molar-refractivity contribution in [3.05, 3.63) is 28.8 Å². The highest BCUT2D eigenvalue weighted by Crippen LogP contribution is 2.15. The van der Waals surface area contributed by atoms with E-state index in [-0.39, 0.29) is 5.56 Å². The van der Waals surface area contributed by atoms with Gasteiger partial charge in [-0.2, -0.15) is 0 Å². The largest absolute Gasteiger partial charge is 0.318 e. The molecule has 0 spiro atoms. The van der Waals surface area contributed by atoms with E-state index < -0.39 is 0 Å². The van der Waals surface area contributed by atoms with Crippen LogP contribution in [0, 0.1) is 0 Å². The normalized spacial score (nSPS) is 10.5. The van der Waals surface area contributed by atoms with Gasteiger partial charge in [0.2, 0.25) is 0 Å². The van der Waals surface area contributed by atoms with Crippen LogP contribution in [0.25, 0.3) is 11.2 Å². The second-order valence-corrected chi connectivity index (χ2v) is 3.37. The maximum Gasteiger partial charge on any atom is 0.266 e. The van der Waals surface area contributed by atoms with Crippen LogP contribution in [-0.2, 0) is 0 Å². The quantitative estimate of drug-likeness (QED) is 0.687. The molecule has 2 aromatic rings. The molecule has 0 saturated heterocycles. The number of H-pyrrole nitrogens is 1. The first-order valence-electron chi connectivity index (χ1n) is 3.68. The highest BCUT2D eigenvalue weighted by atomic mass is 32.2. The van der Waals surface area contributed by atoms with E-state index in [1.165, 1.54) is 6.20 Å². The smallest absolute Gasteiger partial charge is 0.266 e. The van der Waals surface area contributed by atoms with E-state index in [1.54, 1.807) is 18.0 Å². The molecule has 0 fully saturated rings. The van der Waals surface area contributed by atoms with Crippen molar-refractivity contribution in [1.29, 1.82) is 0 Å². The maximum atomic E-state index is 10.9. The zero-order valence-corrected chi connectivity index (χ0v) is 7.76. The summed E-state index contributed by atoms with van der Waals surface area (Å²) in [6, 6.07) is 1.86. The van der Waals surface area contributed by atoms with Crippen molar-refractivity contribution >= 4 is 22.9 Å². The molecule has 0 aromatic carbocycles. The summed E-state index contributed by atoms with van der Waals surface area (Å²) in [7, 11) is 0. The summed E-state index contributed by atoms with van der Waals surface area (Å²) in [5.74, 6) is 0. The fourth-order valence-electron chi connectivity index (χ4n) is 1.03. The van der Waals surface area contributed by atoms with E-state index in [0.717, 1.165) is 4.90 Å². The van der Waals surface area contributed by atoms with Crippen LogP contribution in [0.3, 0.4) is 0 Å². The summed E-state index contributed by atoms with van der Waals surface area (Å²) in [4.78, 5) is 22.6. The number of nitrogens with one attached hydrogen (secondary N) is 1. The Labute approximate surface area is 78.4 Å². The third-order valence-electron chi connectivity index (χ3n) is 1.64. The van der Waals surface area contributed by atoms with Crippen molar-refractivity contribution in [3.8, 4) is 0 Å². The number of aromatic amines is 1. The van der Waals surface area contributed by atoms with Crippen LogP contribution < -0.4 is 5.56 Å². The molecule has 1 N–H and O–H groups in total. The topological polar surface area (TPSA) is 58.6 Å². The Hall–Kier alpha value is -1.36. The van der Waals surface area contributed by atoms with E-state index in [4.69, 9.17) is 0 Å². The van der Waals surface area contributed by atoms with E-state index in [9.17, 15) is 4.79 Å². The predicted octanol–water partition coefficient (Wildman–Crippen LogP) is 1.04. The minimum atomic E-state index is -0.201. The zero-order valence-electron chi connectivity index (χ0n) is 6.94. The van der Waals surface area contributed by atoms with E-state index >= 15 is 0 Å². The van der Waals surface area contributed by atoms with Crippen LogP contribution in [0.5, 0.6) is 0 Å². The molecule has 0 atom stereocenters. The lowest BCUT2D eigenvalue weighted by Crippen LogP contribution is -2.05. The lowest BCUT2D eigenvalue weighted by molar-refractivity contribution is 1.15. The van der Waals surface area contributed by atoms with Crippen LogP contribution in [0.1, 0.15) is 0 Å². The molecule has 0 aliphatic rings. The van der Waals surface area contributed by atoms with Crippen LogP contribution in [0.2, 0.25) is 0 Å². The third kappa shape index (κ3) is 1.55. The van der Waals surface area contributed by atoms with Crippen molar-refractivity contribution in [2.45, 2.75) is 4.90 Å². The average molecular weight is 193 g/mol. The molecule has 0 aliphatic carbocycles. The Morgan fingerprint density at radius 3 is 2.92 bits per heavy atom. The van der Waals surface area contributed by atoms with Crippen molar-refractivity contribution in [2.24, 2.45) is 0 Å². The molecule has 0 amide bonds. The fraction of sp³-hybridized carbons (Fsp3) is 0.125. The zero-order chi connectivity index (χ0) is 9.26. The minimum Gasteiger partial charge on any atom is -0.318 e. The van der Waals surface area contributed by atoms with Gasteiger partial charge in [-0.1, -0.05) is 0 Å². The number of nitrogens with zero attached hydrogens (tertiary/aromatic N) is 2. The maximum absolute atomic E-state index is 10.9. The monoisotopic (exact) mass is 193 g/mol. The van der Waals surface area contributed by atoms with Crippen molar-refractivity contribution < 1.29 is 0 Å². The Balaban J connectivity index is 2.75. The molecule has 66 valence electrons. The van der Waals surface area contributed by atoms with Gasteiger partial charge in [0.05, 0.1) is 11.7 Å². The van der Waals surface area contributed by atoms with Crippen LogP contribution >= 0.6 is 11.8 Å². The molecule has 0 aliphatic heterocycles. The summed E-state index contributed by atoms with van der Waals surface area (Å²) < 4.78 is 0. The highest BCUT2D eigenvalue weighted by Gasteiger charge is 1.98. The molecule has 2 aromatic heterocycles. The first kappa shape index (κ1) is 8.25. The molecule has 4 nitrogen and oxygen atoms in total. The molecule has 0 radical (unpaired) electrons. The molecule has 0 bridgehead atoms. The standard InChI is InChI=1S/C8H7N3OS/c1-13-5-2-6-8(9-3-5)10-4-7(12)11-6/h2-4H,1H3,(H,11,12). The summed E-state index contributed by atoms with van der Waals surface area (Å²) >= 11 is 1.58. The second-order valence-electron chi connectivity index (χ2n) is 2.49. The second kappa shape index (κ2) is 3.18. The number of pyridine rings is 1. The molecule has 2 heterocycles. The Kier molecular flexibility index (Phi) is 2.02. The first-order valence-corrected chi connectivity index (χ1v) is 4.91. The molecule has 5 heteroatoms. The van der Waals surface area contributed by atoms with Gasteiger partial charge >= 0.3 is 0 Å². The summed E-state index contributed by atoms with van der Waals surface area (Å²) in [6.07, 6.45) is 4.92. The van der Waals surface area contributed by atoms with E-state index in [1.807, 2.05) is 12.3 Å². The highest BCUT2D eigenvalue weighted by molar-refractivity contribution is 7.98. The predicted molar refractivity (Wildman–Crippen MR) is 51.9 cm³/mol. The van der Waals surface area contributed by atoms with Crippen LogP contribution in [0.4, 0.5) is 0 Å². The summed E-state index contributed by atoms with van der Waals surface area (Å²) in [6.45, 7) is 0. The Morgan fingerprint density at radius 1 is 1.38 bits per heavy atom. The number of thioether (sulfide) groups is 1. The van der Waals surface area contributed by atoms with Crippen LogP contribution in [-0.4, -0.2) is 21.2 Å².